The van der Waals surface area contributed by atoms with E-state index in [-0.39, 0.29) is 11.6 Å². The molecular formula is C27H28FN7O. The molecule has 1 spiro atoms. The number of pyridine rings is 1. The Kier molecular flexibility index (Phi) is 4.49. The van der Waals surface area contributed by atoms with Crippen molar-refractivity contribution < 1.29 is 4.39 Å². The van der Waals surface area contributed by atoms with Crippen molar-refractivity contribution >= 4 is 22.7 Å². The number of alkyl halides is 1. The van der Waals surface area contributed by atoms with Crippen LogP contribution in [0, 0.1) is 0 Å². The van der Waals surface area contributed by atoms with E-state index < -0.39 is 5.67 Å². The van der Waals surface area contributed by atoms with Crippen LogP contribution in [-0.2, 0) is 17.6 Å². The molecule has 7 rings (SSSR count). The minimum atomic E-state index is -1.61. The van der Waals surface area contributed by atoms with Crippen molar-refractivity contribution in [2.45, 2.75) is 63.2 Å². The van der Waals surface area contributed by atoms with Gasteiger partial charge in [0.1, 0.15) is 11.1 Å². The first-order valence-corrected chi connectivity index (χ1v) is 12.6. The Bertz CT molecular complexity index is 1570. The highest BCUT2D eigenvalue weighted by molar-refractivity contribution is 5.77. The van der Waals surface area contributed by atoms with Crippen molar-refractivity contribution in [2.75, 3.05) is 11.9 Å². The summed E-state index contributed by atoms with van der Waals surface area (Å²) in [4.78, 5) is 27.1. The zero-order valence-corrected chi connectivity index (χ0v) is 20.4. The molecule has 3 aliphatic rings. The number of rotatable bonds is 5. The molecule has 9 heteroatoms. The number of fused-ring (bicyclic) bond motifs is 3. The summed E-state index contributed by atoms with van der Waals surface area (Å²) in [5.74, 6) is 0.868. The maximum Gasteiger partial charge on any atom is 0.278 e. The number of hydrogen-bond acceptors (Lipinski definition) is 6. The zero-order chi connectivity index (χ0) is 24.7. The largest absolute Gasteiger partial charge is 0.324 e. The first-order chi connectivity index (χ1) is 17.3. The van der Waals surface area contributed by atoms with Crippen molar-refractivity contribution in [2.24, 2.45) is 0 Å². The fraction of sp³-hybridized carbons (Fsp3) is 0.407. The predicted molar refractivity (Wildman–Crippen MR) is 136 cm³/mol. The number of benzene rings is 1. The van der Waals surface area contributed by atoms with E-state index in [0.29, 0.717) is 33.9 Å². The molecule has 2 aliphatic carbocycles. The average molecular weight is 486 g/mol. The summed E-state index contributed by atoms with van der Waals surface area (Å²) < 4.78 is 18.1. The molecule has 2 saturated carbocycles. The molecule has 36 heavy (non-hydrogen) atoms. The molecule has 0 amide bonds. The maximum absolute atomic E-state index is 14.7. The number of anilines is 2. The Morgan fingerprint density at radius 2 is 2.00 bits per heavy atom. The number of hydrogen-bond donors (Lipinski definition) is 2. The fourth-order valence-electron chi connectivity index (χ4n) is 5.39. The zero-order valence-electron chi connectivity index (χ0n) is 20.4. The van der Waals surface area contributed by atoms with E-state index >= 15 is 0 Å². The van der Waals surface area contributed by atoms with Crippen LogP contribution >= 0.6 is 0 Å². The standard InChI is InChI=1S/C27H28FN7O/c1-26(2,28)21-4-3-5-22(32-21)35-23-19(24(36)34(35)18-7-8-18)14-30-25(33-23)31-17-6-9-20-16(12-17)13-29-15-27(20)10-11-27/h3-6,9,12,14,18,29H,7-8,10-11,13,15H2,1-2H3,(H,30,31,33). The molecule has 1 aliphatic heterocycles. The van der Waals surface area contributed by atoms with E-state index in [1.807, 2.05) is 0 Å². The second kappa shape index (κ2) is 7.46. The van der Waals surface area contributed by atoms with Gasteiger partial charge >= 0.3 is 0 Å². The maximum atomic E-state index is 14.7. The van der Waals surface area contributed by atoms with Gasteiger partial charge in [-0.3, -0.25) is 4.79 Å². The SMILES string of the molecule is CC(C)(F)c1cccc(-n2c3nc(Nc4ccc5c(c4)CNCC54CC4)ncc3c(=O)n2C2CC2)n1. The molecule has 0 atom stereocenters. The summed E-state index contributed by atoms with van der Waals surface area (Å²) in [5, 5.41) is 7.29. The molecule has 3 aromatic heterocycles. The lowest BCUT2D eigenvalue weighted by molar-refractivity contribution is 0.214. The minimum Gasteiger partial charge on any atom is -0.324 e. The molecular weight excluding hydrogens is 457 g/mol. The molecule has 0 unspecified atom stereocenters. The predicted octanol–water partition coefficient (Wildman–Crippen LogP) is 4.40. The van der Waals surface area contributed by atoms with Gasteiger partial charge in [0.15, 0.2) is 11.5 Å². The van der Waals surface area contributed by atoms with E-state index in [0.717, 1.165) is 31.6 Å². The van der Waals surface area contributed by atoms with Gasteiger partial charge in [-0.2, -0.15) is 4.98 Å². The summed E-state index contributed by atoms with van der Waals surface area (Å²) >= 11 is 0. The number of aromatic nitrogens is 5. The van der Waals surface area contributed by atoms with Crippen molar-refractivity contribution in [1.82, 2.24) is 29.6 Å². The molecule has 0 radical (unpaired) electrons. The van der Waals surface area contributed by atoms with Crippen LogP contribution in [0.1, 0.15) is 62.4 Å². The number of nitrogens with zero attached hydrogens (tertiary/aromatic N) is 5. The van der Waals surface area contributed by atoms with Crippen LogP contribution in [0.25, 0.3) is 16.9 Å². The molecule has 2 N–H and O–H groups in total. The van der Waals surface area contributed by atoms with E-state index in [1.165, 1.54) is 37.8 Å². The quantitative estimate of drug-likeness (QED) is 0.436. The molecule has 1 aromatic carbocycles. The van der Waals surface area contributed by atoms with Crippen molar-refractivity contribution in [1.29, 1.82) is 0 Å². The Hall–Kier alpha value is -3.59. The highest BCUT2D eigenvalue weighted by Crippen LogP contribution is 2.50. The van der Waals surface area contributed by atoms with Crippen LogP contribution < -0.4 is 16.2 Å². The van der Waals surface area contributed by atoms with Gasteiger partial charge < -0.3 is 10.6 Å². The first-order valence-electron chi connectivity index (χ1n) is 12.6. The monoisotopic (exact) mass is 485 g/mol. The van der Waals surface area contributed by atoms with Crippen molar-refractivity contribution in [3.8, 4) is 5.82 Å². The molecule has 4 heterocycles. The highest BCUT2D eigenvalue weighted by Gasteiger charge is 2.46. The van der Waals surface area contributed by atoms with Crippen LogP contribution in [-0.4, -0.2) is 30.9 Å². The lowest BCUT2D eigenvalue weighted by Crippen LogP contribution is -2.33. The average Bonchev–Trinajstić information content (AvgIpc) is 3.79. The Balaban J connectivity index is 1.32. The summed E-state index contributed by atoms with van der Waals surface area (Å²) in [6.45, 7) is 4.86. The van der Waals surface area contributed by atoms with Crippen molar-refractivity contribution in [3.05, 3.63) is 69.8 Å². The number of nitrogens with one attached hydrogen (secondary N) is 2. The Labute approximate surface area is 207 Å². The van der Waals surface area contributed by atoms with Gasteiger partial charge in [0.2, 0.25) is 5.95 Å². The summed E-state index contributed by atoms with van der Waals surface area (Å²) in [6.07, 6.45) is 5.87. The highest BCUT2D eigenvalue weighted by atomic mass is 19.1. The Morgan fingerprint density at radius 3 is 2.75 bits per heavy atom. The molecule has 2 fully saturated rings. The fourth-order valence-corrected chi connectivity index (χ4v) is 5.39. The van der Waals surface area contributed by atoms with Gasteiger partial charge in [-0.05, 0) is 74.9 Å². The van der Waals surface area contributed by atoms with Gasteiger partial charge in [-0.15, -0.1) is 0 Å². The third-order valence-corrected chi connectivity index (χ3v) is 7.64. The second-order valence-corrected chi connectivity index (χ2v) is 10.9. The van der Waals surface area contributed by atoms with Gasteiger partial charge in [0.25, 0.3) is 5.56 Å². The van der Waals surface area contributed by atoms with E-state index in [4.69, 9.17) is 4.98 Å². The summed E-state index contributed by atoms with van der Waals surface area (Å²) in [7, 11) is 0. The topological polar surface area (TPSA) is 89.7 Å². The third-order valence-electron chi connectivity index (χ3n) is 7.64. The van der Waals surface area contributed by atoms with Crippen LogP contribution in [0.3, 0.4) is 0 Å². The molecule has 0 bridgehead atoms. The summed E-state index contributed by atoms with van der Waals surface area (Å²) in [6, 6.07) is 11.7. The van der Waals surface area contributed by atoms with Crippen LogP contribution in [0.5, 0.6) is 0 Å². The van der Waals surface area contributed by atoms with E-state index in [2.05, 4.69) is 38.8 Å². The van der Waals surface area contributed by atoms with Crippen LogP contribution in [0.4, 0.5) is 16.0 Å². The Morgan fingerprint density at radius 1 is 1.17 bits per heavy atom. The van der Waals surface area contributed by atoms with Crippen LogP contribution in [0.2, 0.25) is 0 Å². The lowest BCUT2D eigenvalue weighted by Gasteiger charge is -2.26. The first kappa shape index (κ1) is 21.7. The molecule has 184 valence electrons. The number of halogens is 1. The van der Waals surface area contributed by atoms with Gasteiger partial charge in [0, 0.05) is 30.4 Å². The van der Waals surface area contributed by atoms with Gasteiger partial charge in [-0.1, -0.05) is 12.1 Å². The normalized spacial score (nSPS) is 18.4. The van der Waals surface area contributed by atoms with Gasteiger partial charge in [-0.25, -0.2) is 23.7 Å². The lowest BCUT2D eigenvalue weighted by atomic mass is 9.88. The third kappa shape index (κ3) is 3.44. The van der Waals surface area contributed by atoms with Crippen molar-refractivity contribution in [3.63, 3.8) is 0 Å². The smallest absolute Gasteiger partial charge is 0.278 e. The minimum absolute atomic E-state index is 0.0786. The van der Waals surface area contributed by atoms with E-state index in [1.54, 1.807) is 33.8 Å². The summed E-state index contributed by atoms with van der Waals surface area (Å²) in [5.41, 5.74) is 2.98. The van der Waals surface area contributed by atoms with Gasteiger partial charge in [0.05, 0.1) is 11.7 Å². The molecule has 0 saturated heterocycles. The van der Waals surface area contributed by atoms with Crippen LogP contribution in [0.15, 0.2) is 47.4 Å². The molecule has 4 aromatic rings. The van der Waals surface area contributed by atoms with E-state index in [9.17, 15) is 9.18 Å². The molecule has 8 nitrogen and oxygen atoms in total. The second-order valence-electron chi connectivity index (χ2n) is 10.9.